The highest BCUT2D eigenvalue weighted by Gasteiger charge is 2.26. The zero-order valence-electron chi connectivity index (χ0n) is 6.83. The average Bonchev–Trinajstić information content (AvgIpc) is 2.00. The Morgan fingerprint density at radius 2 is 1.93 bits per heavy atom. The summed E-state index contributed by atoms with van der Waals surface area (Å²) >= 11 is 1.77. The number of halogens is 5. The van der Waals surface area contributed by atoms with Crippen molar-refractivity contribution in [3.63, 3.8) is 0 Å². The maximum Gasteiger partial charge on any atom is 0.405 e. The molecule has 1 nitrogen and oxygen atoms in total. The van der Waals surface area contributed by atoms with Crippen LogP contribution in [0.25, 0.3) is 0 Å². The van der Waals surface area contributed by atoms with Crippen LogP contribution in [0, 0.1) is 9.39 Å². The second-order valence-electron chi connectivity index (χ2n) is 2.59. The van der Waals surface area contributed by atoms with Crippen LogP contribution in [0.1, 0.15) is 0 Å². The quantitative estimate of drug-likeness (QED) is 0.651. The first kappa shape index (κ1) is 11.5. The molecule has 0 bridgehead atoms. The number of rotatable bonds is 2. The maximum atomic E-state index is 12.6. The van der Waals surface area contributed by atoms with E-state index in [-0.39, 0.29) is 5.69 Å². The summed E-state index contributed by atoms with van der Waals surface area (Å²) in [5.41, 5.74) is 0.282. The Labute approximate surface area is 91.6 Å². The molecule has 0 aliphatic heterocycles. The van der Waals surface area contributed by atoms with Crippen LogP contribution in [-0.4, -0.2) is 12.7 Å². The lowest BCUT2D eigenvalue weighted by Crippen LogP contribution is -2.21. The summed E-state index contributed by atoms with van der Waals surface area (Å²) in [5, 5.41) is 2.18. The predicted molar refractivity (Wildman–Crippen MR) is 53.7 cm³/mol. The molecule has 0 aliphatic carbocycles. The highest BCUT2D eigenvalue weighted by Crippen LogP contribution is 2.21. The smallest absolute Gasteiger partial charge is 0.376 e. The van der Waals surface area contributed by atoms with Crippen LogP contribution in [0.15, 0.2) is 18.2 Å². The van der Waals surface area contributed by atoms with Crippen LogP contribution in [0.5, 0.6) is 0 Å². The highest BCUT2D eigenvalue weighted by atomic mass is 127. The van der Waals surface area contributed by atoms with E-state index >= 15 is 0 Å². The first-order valence-electron chi connectivity index (χ1n) is 3.64. The van der Waals surface area contributed by atoms with Gasteiger partial charge < -0.3 is 5.32 Å². The molecule has 0 saturated heterocycles. The van der Waals surface area contributed by atoms with E-state index in [1.54, 1.807) is 22.6 Å². The van der Waals surface area contributed by atoms with Crippen LogP contribution >= 0.6 is 22.6 Å². The summed E-state index contributed by atoms with van der Waals surface area (Å²) in [6, 6.07) is 3.56. The molecule has 0 fully saturated rings. The number of hydrogen-bond donors (Lipinski definition) is 1. The van der Waals surface area contributed by atoms with Crippen molar-refractivity contribution < 1.29 is 17.6 Å². The molecular weight excluding hydrogens is 313 g/mol. The molecular formula is C8H6F4IN. The van der Waals surface area contributed by atoms with E-state index in [1.165, 1.54) is 12.1 Å². The minimum atomic E-state index is -4.27. The zero-order chi connectivity index (χ0) is 10.8. The lowest BCUT2D eigenvalue weighted by molar-refractivity contribution is -0.115. The van der Waals surface area contributed by atoms with Gasteiger partial charge in [-0.2, -0.15) is 13.2 Å². The van der Waals surface area contributed by atoms with Gasteiger partial charge in [-0.1, -0.05) is 0 Å². The van der Waals surface area contributed by atoms with Gasteiger partial charge in [0.15, 0.2) is 0 Å². The van der Waals surface area contributed by atoms with Gasteiger partial charge in [0.25, 0.3) is 0 Å². The minimum absolute atomic E-state index is 0.282. The molecule has 78 valence electrons. The first-order chi connectivity index (χ1) is 6.38. The van der Waals surface area contributed by atoms with Crippen LogP contribution in [0.2, 0.25) is 0 Å². The van der Waals surface area contributed by atoms with Gasteiger partial charge in [-0.15, -0.1) is 0 Å². The van der Waals surface area contributed by atoms with E-state index in [1.807, 2.05) is 0 Å². The second-order valence-corrected chi connectivity index (χ2v) is 3.76. The van der Waals surface area contributed by atoms with E-state index in [0.717, 1.165) is 6.07 Å². The summed E-state index contributed by atoms with van der Waals surface area (Å²) in [6.07, 6.45) is -4.27. The molecule has 14 heavy (non-hydrogen) atoms. The predicted octanol–water partition coefficient (Wildman–Crippen LogP) is 3.40. The normalized spacial score (nSPS) is 11.5. The Kier molecular flexibility index (Phi) is 3.57. The fraction of sp³-hybridized carbons (Fsp3) is 0.250. The van der Waals surface area contributed by atoms with E-state index in [0.29, 0.717) is 3.57 Å². The third kappa shape index (κ3) is 3.69. The standard InChI is InChI=1S/C8H6F4IN/c9-5-1-2-7(6(13)3-5)14-4-8(10,11)12/h1-3,14H,4H2. The van der Waals surface area contributed by atoms with Crippen molar-refractivity contribution in [2.24, 2.45) is 0 Å². The number of hydrogen-bond acceptors (Lipinski definition) is 1. The van der Waals surface area contributed by atoms with Crippen LogP contribution in [0.4, 0.5) is 23.2 Å². The van der Waals surface area contributed by atoms with E-state index in [2.05, 4.69) is 5.32 Å². The summed E-state index contributed by atoms with van der Waals surface area (Å²) in [4.78, 5) is 0. The van der Waals surface area contributed by atoms with Crippen molar-refractivity contribution in [1.82, 2.24) is 0 Å². The monoisotopic (exact) mass is 319 g/mol. The van der Waals surface area contributed by atoms with E-state index < -0.39 is 18.5 Å². The first-order valence-corrected chi connectivity index (χ1v) is 4.72. The fourth-order valence-corrected chi connectivity index (χ4v) is 1.50. The molecule has 1 N–H and O–H groups in total. The van der Waals surface area contributed by atoms with Crippen molar-refractivity contribution in [2.75, 3.05) is 11.9 Å². The van der Waals surface area contributed by atoms with E-state index in [9.17, 15) is 17.6 Å². The van der Waals surface area contributed by atoms with Gasteiger partial charge in [0.1, 0.15) is 12.4 Å². The largest absolute Gasteiger partial charge is 0.405 e. The van der Waals surface area contributed by atoms with Gasteiger partial charge in [0, 0.05) is 9.26 Å². The molecule has 0 saturated carbocycles. The molecule has 0 heterocycles. The molecule has 6 heteroatoms. The molecule has 0 radical (unpaired) electrons. The van der Waals surface area contributed by atoms with Crippen LogP contribution in [0.3, 0.4) is 0 Å². The van der Waals surface area contributed by atoms with Crippen molar-refractivity contribution in [3.05, 3.63) is 27.6 Å². The Bertz CT molecular complexity index is 324. The van der Waals surface area contributed by atoms with Gasteiger partial charge in [-0.25, -0.2) is 4.39 Å². The van der Waals surface area contributed by atoms with Crippen molar-refractivity contribution >= 4 is 28.3 Å². The molecule has 0 unspecified atom stereocenters. The van der Waals surface area contributed by atoms with Gasteiger partial charge in [0.2, 0.25) is 0 Å². The van der Waals surface area contributed by atoms with Gasteiger partial charge in [-0.3, -0.25) is 0 Å². The third-order valence-electron chi connectivity index (χ3n) is 1.41. The molecule has 1 aromatic carbocycles. The highest BCUT2D eigenvalue weighted by molar-refractivity contribution is 14.1. The number of benzene rings is 1. The zero-order valence-corrected chi connectivity index (χ0v) is 8.99. The van der Waals surface area contributed by atoms with Crippen molar-refractivity contribution in [3.8, 4) is 0 Å². The Hall–Kier alpha value is -0.530. The van der Waals surface area contributed by atoms with Gasteiger partial charge >= 0.3 is 6.18 Å². The van der Waals surface area contributed by atoms with Crippen molar-refractivity contribution in [1.29, 1.82) is 0 Å². The molecule has 0 aliphatic rings. The van der Waals surface area contributed by atoms with Crippen molar-refractivity contribution in [2.45, 2.75) is 6.18 Å². The topological polar surface area (TPSA) is 12.0 Å². The summed E-state index contributed by atoms with van der Waals surface area (Å²) in [6.45, 7) is -1.12. The fourth-order valence-electron chi connectivity index (χ4n) is 0.828. The summed E-state index contributed by atoms with van der Waals surface area (Å²) in [7, 11) is 0. The molecule has 0 spiro atoms. The summed E-state index contributed by atoms with van der Waals surface area (Å²) in [5.74, 6) is -0.466. The maximum absolute atomic E-state index is 12.6. The Morgan fingerprint density at radius 3 is 2.43 bits per heavy atom. The molecule has 0 aromatic heterocycles. The SMILES string of the molecule is Fc1ccc(NCC(F)(F)F)c(I)c1. The van der Waals surface area contributed by atoms with E-state index in [4.69, 9.17) is 0 Å². The summed E-state index contributed by atoms with van der Waals surface area (Å²) < 4.78 is 48.4. The third-order valence-corrected chi connectivity index (χ3v) is 2.30. The minimum Gasteiger partial charge on any atom is -0.376 e. The van der Waals surface area contributed by atoms with Gasteiger partial charge in [0.05, 0.1) is 0 Å². The van der Waals surface area contributed by atoms with Crippen LogP contribution < -0.4 is 5.32 Å². The average molecular weight is 319 g/mol. The number of anilines is 1. The molecule has 0 atom stereocenters. The molecule has 1 aromatic rings. The number of nitrogens with one attached hydrogen (secondary N) is 1. The Balaban J connectivity index is 2.68. The lowest BCUT2D eigenvalue weighted by atomic mass is 10.3. The van der Waals surface area contributed by atoms with Gasteiger partial charge in [-0.05, 0) is 40.8 Å². The molecule has 1 rings (SSSR count). The molecule has 0 amide bonds. The Morgan fingerprint density at radius 1 is 1.29 bits per heavy atom. The number of alkyl halides is 3. The second kappa shape index (κ2) is 4.33. The van der Waals surface area contributed by atoms with Crippen LogP contribution in [-0.2, 0) is 0 Å². The lowest BCUT2D eigenvalue weighted by Gasteiger charge is -2.10.